The van der Waals surface area contributed by atoms with Crippen LogP contribution in [-0.2, 0) is 0 Å². The van der Waals surface area contributed by atoms with E-state index in [2.05, 4.69) is 20.2 Å². The Labute approximate surface area is 83.8 Å². The molecule has 0 radical (unpaired) electrons. The molecule has 2 aromatic heterocycles. The van der Waals surface area contributed by atoms with Crippen molar-refractivity contribution in [2.45, 2.75) is 0 Å². The lowest BCUT2D eigenvalue weighted by Gasteiger charge is -1.99. The van der Waals surface area contributed by atoms with Crippen LogP contribution in [0, 0.1) is 0 Å². The smallest absolute Gasteiger partial charge is 0.151 e. The first-order valence-electron chi connectivity index (χ1n) is 3.78. The summed E-state index contributed by atoms with van der Waals surface area (Å²) in [7, 11) is 0. The first kappa shape index (κ1) is 8.76. The average Bonchev–Trinajstić information content (AvgIpc) is 2.74. The van der Waals surface area contributed by atoms with E-state index in [1.54, 1.807) is 17.9 Å². The molecule has 1 N–H and O–H groups in total. The maximum absolute atomic E-state index is 9.07. The summed E-state index contributed by atoms with van der Waals surface area (Å²) in [4.78, 5) is 7.71. The van der Waals surface area contributed by atoms with Gasteiger partial charge in [-0.25, -0.2) is 9.97 Å². The van der Waals surface area contributed by atoms with Crippen LogP contribution in [0.4, 0.5) is 0 Å². The van der Waals surface area contributed by atoms with Crippen LogP contribution in [0.3, 0.4) is 0 Å². The molecule has 0 aliphatic heterocycles. The molecule has 70 valence electrons. The van der Waals surface area contributed by atoms with Gasteiger partial charge in [-0.15, -0.1) is 10.2 Å². The Hall–Kier alpha value is -1.82. The van der Waals surface area contributed by atoms with Crippen LogP contribution in [0.25, 0.3) is 5.57 Å². The SMILES string of the molecule is O/C=C(\c1cncnc1)c1nncs1. The van der Waals surface area contributed by atoms with Gasteiger partial charge < -0.3 is 5.11 Å². The molecule has 0 saturated carbocycles. The van der Waals surface area contributed by atoms with Crippen LogP contribution in [-0.4, -0.2) is 25.3 Å². The van der Waals surface area contributed by atoms with Crippen LogP contribution in [0.5, 0.6) is 0 Å². The fourth-order valence-electron chi connectivity index (χ4n) is 0.982. The van der Waals surface area contributed by atoms with Crippen molar-refractivity contribution < 1.29 is 5.11 Å². The second-order valence-corrected chi connectivity index (χ2v) is 3.25. The number of hydrogen-bond donors (Lipinski definition) is 1. The summed E-state index contributed by atoms with van der Waals surface area (Å²) in [6.45, 7) is 0. The van der Waals surface area contributed by atoms with Crippen LogP contribution in [0.1, 0.15) is 10.6 Å². The highest BCUT2D eigenvalue weighted by molar-refractivity contribution is 7.10. The molecule has 0 atom stereocenters. The van der Waals surface area contributed by atoms with E-state index in [1.165, 1.54) is 17.7 Å². The molecule has 0 spiro atoms. The quantitative estimate of drug-likeness (QED) is 0.749. The molecule has 2 heterocycles. The van der Waals surface area contributed by atoms with Crippen molar-refractivity contribution in [1.29, 1.82) is 0 Å². The second kappa shape index (κ2) is 3.93. The molecule has 5 nitrogen and oxygen atoms in total. The van der Waals surface area contributed by atoms with Gasteiger partial charge in [0.05, 0.1) is 11.8 Å². The zero-order valence-electron chi connectivity index (χ0n) is 7.03. The number of nitrogens with zero attached hydrogens (tertiary/aromatic N) is 4. The van der Waals surface area contributed by atoms with Gasteiger partial charge in [0, 0.05) is 18.0 Å². The Morgan fingerprint density at radius 2 is 2.14 bits per heavy atom. The minimum absolute atomic E-state index is 0.577. The Kier molecular flexibility index (Phi) is 2.46. The Morgan fingerprint density at radius 3 is 2.71 bits per heavy atom. The van der Waals surface area contributed by atoms with Crippen molar-refractivity contribution in [2.75, 3.05) is 0 Å². The van der Waals surface area contributed by atoms with Crippen molar-refractivity contribution >= 4 is 16.9 Å². The Balaban J connectivity index is 2.43. The van der Waals surface area contributed by atoms with Gasteiger partial charge in [-0.2, -0.15) is 0 Å². The molecule has 0 fully saturated rings. The molecular weight excluding hydrogens is 200 g/mol. The van der Waals surface area contributed by atoms with Crippen LogP contribution in [0.2, 0.25) is 0 Å². The third kappa shape index (κ3) is 1.60. The third-order valence-electron chi connectivity index (χ3n) is 1.59. The minimum Gasteiger partial charge on any atom is -0.515 e. The first-order valence-corrected chi connectivity index (χ1v) is 4.66. The fourth-order valence-corrected chi connectivity index (χ4v) is 1.57. The zero-order valence-corrected chi connectivity index (χ0v) is 7.85. The molecule has 0 aromatic carbocycles. The summed E-state index contributed by atoms with van der Waals surface area (Å²) in [5, 5.41) is 17.3. The molecule has 0 aliphatic rings. The highest BCUT2D eigenvalue weighted by Crippen LogP contribution is 2.21. The minimum atomic E-state index is 0.577. The average molecular weight is 206 g/mol. The molecule has 2 aromatic rings. The molecule has 0 unspecified atom stereocenters. The summed E-state index contributed by atoms with van der Waals surface area (Å²) >= 11 is 1.34. The predicted molar refractivity (Wildman–Crippen MR) is 51.6 cm³/mol. The number of rotatable bonds is 2. The Morgan fingerprint density at radius 1 is 1.36 bits per heavy atom. The van der Waals surface area contributed by atoms with Gasteiger partial charge in [0.2, 0.25) is 0 Å². The van der Waals surface area contributed by atoms with E-state index in [1.807, 2.05) is 0 Å². The predicted octanol–water partition coefficient (Wildman–Crippen LogP) is 1.28. The maximum Gasteiger partial charge on any atom is 0.151 e. The van der Waals surface area contributed by atoms with E-state index in [9.17, 15) is 0 Å². The lowest BCUT2D eigenvalue weighted by Crippen LogP contribution is -1.90. The van der Waals surface area contributed by atoms with Gasteiger partial charge >= 0.3 is 0 Å². The largest absolute Gasteiger partial charge is 0.515 e. The lowest BCUT2D eigenvalue weighted by atomic mass is 10.2. The molecule has 0 saturated heterocycles. The van der Waals surface area contributed by atoms with E-state index in [0.717, 1.165) is 6.26 Å². The van der Waals surface area contributed by atoms with E-state index in [4.69, 9.17) is 5.11 Å². The molecule has 0 aliphatic carbocycles. The van der Waals surface area contributed by atoms with Gasteiger partial charge in [0.1, 0.15) is 11.8 Å². The van der Waals surface area contributed by atoms with Crippen LogP contribution in [0.15, 0.2) is 30.5 Å². The van der Waals surface area contributed by atoms with Gasteiger partial charge in [-0.05, 0) is 0 Å². The molecular formula is C8H6N4OS. The highest BCUT2D eigenvalue weighted by Gasteiger charge is 2.08. The van der Waals surface area contributed by atoms with Crippen LogP contribution < -0.4 is 0 Å². The standard InChI is InChI=1S/C8H6N4OS/c13-3-7(8-12-11-5-14-8)6-1-9-4-10-2-6/h1-5,13H/b7-3+. The number of hydrogen-bond acceptors (Lipinski definition) is 6. The van der Waals surface area contributed by atoms with E-state index < -0.39 is 0 Å². The summed E-state index contributed by atoms with van der Waals surface area (Å²) < 4.78 is 0. The number of aromatic nitrogens is 4. The van der Waals surface area contributed by atoms with Gasteiger partial charge in [-0.1, -0.05) is 11.3 Å². The van der Waals surface area contributed by atoms with Crippen molar-refractivity contribution in [3.8, 4) is 0 Å². The molecule has 6 heteroatoms. The summed E-state index contributed by atoms with van der Waals surface area (Å²) in [6, 6.07) is 0. The number of aliphatic hydroxyl groups is 1. The van der Waals surface area contributed by atoms with Crippen molar-refractivity contribution in [3.63, 3.8) is 0 Å². The highest BCUT2D eigenvalue weighted by atomic mass is 32.1. The summed E-state index contributed by atoms with van der Waals surface area (Å²) in [5.41, 5.74) is 2.89. The molecule has 0 bridgehead atoms. The third-order valence-corrected chi connectivity index (χ3v) is 2.32. The van der Waals surface area contributed by atoms with Gasteiger partial charge in [0.15, 0.2) is 5.01 Å². The molecule has 2 rings (SSSR count). The topological polar surface area (TPSA) is 71.8 Å². The summed E-state index contributed by atoms with van der Waals surface area (Å²) in [6.07, 6.45) is 5.63. The Bertz CT molecular complexity index is 426. The lowest BCUT2D eigenvalue weighted by molar-refractivity contribution is 0.476. The zero-order chi connectivity index (χ0) is 9.80. The second-order valence-electron chi connectivity index (χ2n) is 2.41. The first-order chi connectivity index (χ1) is 6.92. The molecule has 14 heavy (non-hydrogen) atoms. The maximum atomic E-state index is 9.07. The molecule has 0 amide bonds. The van der Waals surface area contributed by atoms with E-state index in [-0.39, 0.29) is 0 Å². The van der Waals surface area contributed by atoms with Gasteiger partial charge in [-0.3, -0.25) is 0 Å². The number of aliphatic hydroxyl groups excluding tert-OH is 1. The fraction of sp³-hybridized carbons (Fsp3) is 0. The normalized spacial score (nSPS) is 11.6. The van der Waals surface area contributed by atoms with Gasteiger partial charge in [0.25, 0.3) is 0 Å². The van der Waals surface area contributed by atoms with E-state index >= 15 is 0 Å². The van der Waals surface area contributed by atoms with E-state index in [0.29, 0.717) is 16.1 Å². The monoisotopic (exact) mass is 206 g/mol. The van der Waals surface area contributed by atoms with Crippen LogP contribution >= 0.6 is 11.3 Å². The van der Waals surface area contributed by atoms with Crippen molar-refractivity contribution in [3.05, 3.63) is 41.1 Å². The summed E-state index contributed by atoms with van der Waals surface area (Å²) in [5.74, 6) is 0. The van der Waals surface area contributed by atoms with Crippen molar-refractivity contribution in [1.82, 2.24) is 20.2 Å². The van der Waals surface area contributed by atoms with Crippen molar-refractivity contribution in [2.24, 2.45) is 0 Å².